The summed E-state index contributed by atoms with van der Waals surface area (Å²) in [5.41, 5.74) is 6.01. The second-order valence-corrected chi connectivity index (χ2v) is 9.47. The van der Waals surface area contributed by atoms with Crippen LogP contribution in [0.3, 0.4) is 0 Å². The SMILES string of the molecule is CCCN(CO)c1nc(C2CCCC(c3nc(N)nc(NC(CC)CO)n3)C2)nc(N(CO)CCC)n1. The highest BCUT2D eigenvalue weighted by Gasteiger charge is 2.30. The van der Waals surface area contributed by atoms with Crippen LogP contribution in [0.4, 0.5) is 23.8 Å². The zero-order valence-corrected chi connectivity index (χ0v) is 22.2. The van der Waals surface area contributed by atoms with E-state index in [-0.39, 0.29) is 43.9 Å². The maximum Gasteiger partial charge on any atom is 0.232 e. The minimum atomic E-state index is -0.205. The number of aliphatic hydroxyl groups excluding tert-OH is 3. The fraction of sp³-hybridized carbons (Fsp3) is 0.750. The van der Waals surface area contributed by atoms with Crippen molar-refractivity contribution in [1.82, 2.24) is 29.9 Å². The Labute approximate surface area is 218 Å². The Balaban J connectivity index is 1.91. The molecule has 3 unspecified atom stereocenters. The van der Waals surface area contributed by atoms with Gasteiger partial charge >= 0.3 is 0 Å². The number of nitrogens with two attached hydrogens (primary N) is 1. The van der Waals surface area contributed by atoms with Crippen molar-refractivity contribution in [2.45, 2.75) is 83.6 Å². The molecule has 0 radical (unpaired) electrons. The summed E-state index contributed by atoms with van der Waals surface area (Å²) in [6, 6.07) is -0.161. The molecule has 13 nitrogen and oxygen atoms in total. The van der Waals surface area contributed by atoms with Crippen LogP contribution in [0.5, 0.6) is 0 Å². The Morgan fingerprint density at radius 1 is 0.838 bits per heavy atom. The van der Waals surface area contributed by atoms with Crippen LogP contribution >= 0.6 is 0 Å². The van der Waals surface area contributed by atoms with Gasteiger partial charge in [0.25, 0.3) is 0 Å². The smallest absolute Gasteiger partial charge is 0.232 e. The molecule has 13 heteroatoms. The summed E-state index contributed by atoms with van der Waals surface area (Å²) in [5.74, 6) is 2.65. The molecule has 0 bridgehead atoms. The summed E-state index contributed by atoms with van der Waals surface area (Å²) in [7, 11) is 0. The molecule has 2 heterocycles. The summed E-state index contributed by atoms with van der Waals surface area (Å²) in [5, 5.41) is 32.6. The summed E-state index contributed by atoms with van der Waals surface area (Å²) in [4.78, 5) is 30.8. The molecular formula is C24H42N10O3. The molecule has 0 aliphatic heterocycles. The van der Waals surface area contributed by atoms with E-state index in [1.165, 1.54) is 0 Å². The Kier molecular flexibility index (Phi) is 11.0. The first-order valence-corrected chi connectivity index (χ1v) is 13.3. The Bertz CT molecular complexity index is 946. The van der Waals surface area contributed by atoms with Gasteiger partial charge in [-0.15, -0.1) is 0 Å². The molecule has 0 saturated heterocycles. The predicted octanol–water partition coefficient (Wildman–Crippen LogP) is 1.60. The van der Waals surface area contributed by atoms with Crippen molar-refractivity contribution < 1.29 is 15.3 Å². The molecule has 206 valence electrons. The van der Waals surface area contributed by atoms with E-state index in [9.17, 15) is 15.3 Å². The van der Waals surface area contributed by atoms with Crippen LogP contribution in [0, 0.1) is 0 Å². The molecule has 3 rings (SSSR count). The Morgan fingerprint density at radius 2 is 1.41 bits per heavy atom. The first-order chi connectivity index (χ1) is 18.0. The lowest BCUT2D eigenvalue weighted by molar-refractivity contribution is 0.271. The van der Waals surface area contributed by atoms with Crippen molar-refractivity contribution in [2.75, 3.05) is 54.0 Å². The molecule has 0 spiro atoms. The zero-order valence-electron chi connectivity index (χ0n) is 22.2. The average molecular weight is 519 g/mol. The zero-order chi connectivity index (χ0) is 26.8. The number of nitrogen functional groups attached to an aromatic ring is 1. The van der Waals surface area contributed by atoms with Crippen LogP contribution in [-0.4, -0.2) is 84.4 Å². The molecule has 2 aromatic heterocycles. The second kappa shape index (κ2) is 14.1. The van der Waals surface area contributed by atoms with E-state index in [0.29, 0.717) is 42.6 Å². The van der Waals surface area contributed by atoms with Crippen molar-refractivity contribution in [2.24, 2.45) is 0 Å². The van der Waals surface area contributed by atoms with Gasteiger partial charge in [0, 0.05) is 24.9 Å². The number of anilines is 4. The Hall–Kier alpha value is -2.90. The fourth-order valence-corrected chi connectivity index (χ4v) is 4.62. The van der Waals surface area contributed by atoms with Crippen LogP contribution < -0.4 is 20.9 Å². The van der Waals surface area contributed by atoms with Gasteiger partial charge in [0.15, 0.2) is 0 Å². The van der Waals surface area contributed by atoms with E-state index in [1.54, 1.807) is 9.80 Å². The van der Waals surface area contributed by atoms with E-state index >= 15 is 0 Å². The Morgan fingerprint density at radius 3 is 1.89 bits per heavy atom. The predicted molar refractivity (Wildman–Crippen MR) is 142 cm³/mol. The topological polar surface area (TPSA) is 183 Å². The van der Waals surface area contributed by atoms with Gasteiger partial charge in [0.05, 0.1) is 12.6 Å². The lowest BCUT2D eigenvalue weighted by Crippen LogP contribution is -2.32. The van der Waals surface area contributed by atoms with Gasteiger partial charge in [0.2, 0.25) is 23.8 Å². The number of nitrogens with zero attached hydrogens (tertiary/aromatic N) is 8. The average Bonchev–Trinajstić information content (AvgIpc) is 2.92. The van der Waals surface area contributed by atoms with Gasteiger partial charge in [-0.25, -0.2) is 0 Å². The van der Waals surface area contributed by atoms with Crippen LogP contribution in [-0.2, 0) is 0 Å². The number of aliphatic hydroxyl groups is 3. The molecule has 0 amide bonds. The number of nitrogens with one attached hydrogen (secondary N) is 1. The monoisotopic (exact) mass is 518 g/mol. The summed E-state index contributed by atoms with van der Waals surface area (Å²) in [6.07, 6.45) is 5.83. The van der Waals surface area contributed by atoms with Gasteiger partial charge in [-0.2, -0.15) is 29.9 Å². The van der Waals surface area contributed by atoms with Crippen molar-refractivity contribution in [1.29, 1.82) is 0 Å². The van der Waals surface area contributed by atoms with Crippen molar-refractivity contribution in [3.63, 3.8) is 0 Å². The molecule has 6 N–H and O–H groups in total. The standard InChI is InChI=1S/C24H42N10O3/c1-4-10-33(14-36)23-29-20(30-24(32-23)34(15-37)11-5-2)17-9-7-8-16(12-17)19-27-21(25)31-22(28-19)26-18(6-3)13-35/h16-18,35-37H,4-15H2,1-3H3,(H3,25,26,27,28,31). The third-order valence-electron chi connectivity index (χ3n) is 6.64. The van der Waals surface area contributed by atoms with Crippen LogP contribution in [0.15, 0.2) is 0 Å². The van der Waals surface area contributed by atoms with Crippen LogP contribution in [0.2, 0.25) is 0 Å². The van der Waals surface area contributed by atoms with Crippen molar-refractivity contribution in [3.8, 4) is 0 Å². The summed E-state index contributed by atoms with van der Waals surface area (Å²) >= 11 is 0. The number of aromatic nitrogens is 6. The van der Waals surface area contributed by atoms with E-state index < -0.39 is 0 Å². The first-order valence-electron chi connectivity index (χ1n) is 13.3. The van der Waals surface area contributed by atoms with Crippen molar-refractivity contribution in [3.05, 3.63) is 11.6 Å². The van der Waals surface area contributed by atoms with Crippen molar-refractivity contribution >= 4 is 23.8 Å². The molecule has 1 saturated carbocycles. The van der Waals surface area contributed by atoms with Gasteiger partial charge in [-0.1, -0.05) is 27.2 Å². The first kappa shape index (κ1) is 28.7. The lowest BCUT2D eigenvalue weighted by atomic mass is 9.80. The minimum absolute atomic E-state index is 0.0267. The fourth-order valence-electron chi connectivity index (χ4n) is 4.62. The minimum Gasteiger partial charge on any atom is -0.394 e. The van der Waals surface area contributed by atoms with E-state index in [2.05, 4.69) is 25.3 Å². The summed E-state index contributed by atoms with van der Waals surface area (Å²) < 4.78 is 0. The van der Waals surface area contributed by atoms with E-state index in [0.717, 1.165) is 44.9 Å². The van der Waals surface area contributed by atoms with Gasteiger partial charge in [-0.05, 0) is 38.5 Å². The summed E-state index contributed by atoms with van der Waals surface area (Å²) in [6.45, 7) is 6.80. The molecule has 1 aliphatic carbocycles. The molecule has 0 aromatic carbocycles. The molecule has 2 aromatic rings. The van der Waals surface area contributed by atoms with Gasteiger partial charge in [-0.3, -0.25) is 0 Å². The quantitative estimate of drug-likeness (QED) is 0.227. The maximum atomic E-state index is 9.95. The third kappa shape index (κ3) is 7.55. The molecule has 1 fully saturated rings. The number of rotatable bonds is 14. The molecule has 37 heavy (non-hydrogen) atoms. The number of hydrogen-bond acceptors (Lipinski definition) is 13. The van der Waals surface area contributed by atoms with E-state index in [1.807, 2.05) is 20.8 Å². The molecule has 3 atom stereocenters. The molecular weight excluding hydrogens is 476 g/mol. The number of hydrogen-bond donors (Lipinski definition) is 5. The second-order valence-electron chi connectivity index (χ2n) is 9.47. The maximum absolute atomic E-state index is 9.95. The lowest BCUT2D eigenvalue weighted by Gasteiger charge is -2.29. The normalized spacial score (nSPS) is 18.4. The van der Waals surface area contributed by atoms with Crippen LogP contribution in [0.1, 0.15) is 89.2 Å². The van der Waals surface area contributed by atoms with E-state index in [4.69, 9.17) is 15.7 Å². The highest BCUT2D eigenvalue weighted by molar-refractivity contribution is 5.39. The highest BCUT2D eigenvalue weighted by Crippen LogP contribution is 2.40. The van der Waals surface area contributed by atoms with Crippen LogP contribution in [0.25, 0.3) is 0 Å². The van der Waals surface area contributed by atoms with Gasteiger partial charge < -0.3 is 36.2 Å². The highest BCUT2D eigenvalue weighted by atomic mass is 16.3. The third-order valence-corrected chi connectivity index (χ3v) is 6.64. The molecule has 1 aliphatic rings. The largest absolute Gasteiger partial charge is 0.394 e. The van der Waals surface area contributed by atoms with Gasteiger partial charge in [0.1, 0.15) is 25.1 Å².